The lowest BCUT2D eigenvalue weighted by atomic mass is 10.3. The molecule has 0 saturated carbocycles. The quantitative estimate of drug-likeness (QED) is 0.554. The molecular formula is C10H12N4. The minimum Gasteiger partial charge on any atom is -0.324 e. The number of nitrogens with two attached hydrogens (primary N) is 1. The van der Waals surface area contributed by atoms with Gasteiger partial charge in [0.1, 0.15) is 5.82 Å². The van der Waals surface area contributed by atoms with E-state index in [9.17, 15) is 0 Å². The third-order valence-corrected chi connectivity index (χ3v) is 2.14. The van der Waals surface area contributed by atoms with Crippen LogP contribution in [-0.2, 0) is 0 Å². The Balaban J connectivity index is 2.39. The number of nitrogens with zero attached hydrogens (tertiary/aromatic N) is 2. The van der Waals surface area contributed by atoms with Crippen LogP contribution in [0.2, 0.25) is 0 Å². The maximum absolute atomic E-state index is 5.28. The van der Waals surface area contributed by atoms with E-state index in [-0.39, 0.29) is 0 Å². The van der Waals surface area contributed by atoms with E-state index in [1.165, 1.54) is 0 Å². The Hall–Kier alpha value is -1.81. The fourth-order valence-electron chi connectivity index (χ4n) is 1.37. The number of aryl methyl sites for hydroxylation is 1. The molecule has 2 aromatic rings. The molecule has 1 aromatic carbocycles. The number of hydrogen-bond acceptors (Lipinski definition) is 3. The fourth-order valence-corrected chi connectivity index (χ4v) is 1.37. The summed E-state index contributed by atoms with van der Waals surface area (Å²) in [6.07, 6.45) is 3.71. The first-order valence-corrected chi connectivity index (χ1v) is 4.38. The number of aromatic nitrogens is 2. The van der Waals surface area contributed by atoms with Crippen LogP contribution in [0.1, 0.15) is 5.82 Å². The van der Waals surface area contributed by atoms with E-state index in [4.69, 9.17) is 5.84 Å². The lowest BCUT2D eigenvalue weighted by Gasteiger charge is -2.05. The summed E-state index contributed by atoms with van der Waals surface area (Å²) in [5.41, 5.74) is 4.57. The third-order valence-electron chi connectivity index (χ3n) is 2.14. The average molecular weight is 188 g/mol. The molecule has 1 aromatic heterocycles. The molecule has 0 amide bonds. The molecule has 0 aliphatic carbocycles. The van der Waals surface area contributed by atoms with Gasteiger partial charge in [0.2, 0.25) is 0 Å². The molecule has 0 bridgehead atoms. The highest BCUT2D eigenvalue weighted by Crippen LogP contribution is 2.13. The number of anilines is 1. The molecular weight excluding hydrogens is 176 g/mol. The molecule has 4 heteroatoms. The summed E-state index contributed by atoms with van der Waals surface area (Å²) in [5.74, 6) is 6.25. The first kappa shape index (κ1) is 8.77. The topological polar surface area (TPSA) is 55.9 Å². The van der Waals surface area contributed by atoms with Gasteiger partial charge in [-0.3, -0.25) is 5.84 Å². The highest BCUT2D eigenvalue weighted by Gasteiger charge is 1.99. The summed E-state index contributed by atoms with van der Waals surface area (Å²) in [6, 6.07) is 7.83. The van der Waals surface area contributed by atoms with Crippen molar-refractivity contribution in [2.45, 2.75) is 6.92 Å². The van der Waals surface area contributed by atoms with E-state index in [0.29, 0.717) is 0 Å². The van der Waals surface area contributed by atoms with E-state index in [1.54, 1.807) is 6.20 Å². The molecule has 0 unspecified atom stereocenters. The normalized spacial score (nSPS) is 10.1. The van der Waals surface area contributed by atoms with Gasteiger partial charge in [0.25, 0.3) is 0 Å². The van der Waals surface area contributed by atoms with E-state index < -0.39 is 0 Å². The molecule has 0 saturated heterocycles. The molecule has 3 N–H and O–H groups in total. The van der Waals surface area contributed by atoms with E-state index in [1.807, 2.05) is 42.0 Å². The van der Waals surface area contributed by atoms with Gasteiger partial charge in [-0.2, -0.15) is 0 Å². The molecule has 0 spiro atoms. The number of nitrogen functional groups attached to an aromatic ring is 1. The second-order valence-electron chi connectivity index (χ2n) is 3.04. The molecule has 0 atom stereocenters. The van der Waals surface area contributed by atoms with Crippen molar-refractivity contribution < 1.29 is 0 Å². The van der Waals surface area contributed by atoms with Crippen LogP contribution in [0.15, 0.2) is 36.7 Å². The minimum absolute atomic E-state index is 0.895. The Morgan fingerprint density at radius 1 is 1.29 bits per heavy atom. The van der Waals surface area contributed by atoms with Crippen molar-refractivity contribution in [1.82, 2.24) is 9.55 Å². The standard InChI is InChI=1S/C10H12N4/c1-8-12-6-7-14(8)10-4-2-9(13-11)3-5-10/h2-7,13H,11H2,1H3. The summed E-state index contributed by atoms with van der Waals surface area (Å²) in [5, 5.41) is 0. The molecule has 72 valence electrons. The highest BCUT2D eigenvalue weighted by atomic mass is 15.2. The smallest absolute Gasteiger partial charge is 0.110 e. The SMILES string of the molecule is Cc1nccn1-c1ccc(NN)cc1. The molecule has 0 fully saturated rings. The third kappa shape index (κ3) is 1.47. The Morgan fingerprint density at radius 2 is 2.00 bits per heavy atom. The maximum Gasteiger partial charge on any atom is 0.110 e. The van der Waals surface area contributed by atoms with Gasteiger partial charge in [-0.15, -0.1) is 0 Å². The van der Waals surface area contributed by atoms with Crippen molar-refractivity contribution in [3.05, 3.63) is 42.5 Å². The molecule has 4 nitrogen and oxygen atoms in total. The zero-order valence-corrected chi connectivity index (χ0v) is 7.94. The van der Waals surface area contributed by atoms with Gasteiger partial charge in [0.05, 0.1) is 0 Å². The van der Waals surface area contributed by atoms with Gasteiger partial charge in [-0.1, -0.05) is 0 Å². The predicted molar refractivity (Wildman–Crippen MR) is 56.1 cm³/mol. The van der Waals surface area contributed by atoms with Crippen LogP contribution in [0, 0.1) is 6.92 Å². The van der Waals surface area contributed by atoms with Gasteiger partial charge in [0, 0.05) is 23.8 Å². The van der Waals surface area contributed by atoms with Gasteiger partial charge >= 0.3 is 0 Å². The van der Waals surface area contributed by atoms with Crippen molar-refractivity contribution in [3.63, 3.8) is 0 Å². The number of benzene rings is 1. The zero-order chi connectivity index (χ0) is 9.97. The molecule has 14 heavy (non-hydrogen) atoms. The summed E-state index contributed by atoms with van der Waals surface area (Å²) in [6.45, 7) is 1.97. The van der Waals surface area contributed by atoms with E-state index in [0.717, 1.165) is 17.2 Å². The van der Waals surface area contributed by atoms with Gasteiger partial charge in [-0.05, 0) is 31.2 Å². The van der Waals surface area contributed by atoms with Gasteiger partial charge < -0.3 is 9.99 Å². The summed E-state index contributed by atoms with van der Waals surface area (Å²) >= 11 is 0. The van der Waals surface area contributed by atoms with Crippen molar-refractivity contribution in [2.24, 2.45) is 5.84 Å². The van der Waals surface area contributed by atoms with Gasteiger partial charge in [0.15, 0.2) is 0 Å². The number of hydrogen-bond donors (Lipinski definition) is 2. The average Bonchev–Trinajstić information content (AvgIpc) is 2.65. The number of hydrazine groups is 1. The summed E-state index contributed by atoms with van der Waals surface area (Å²) < 4.78 is 2.01. The Bertz CT molecular complexity index is 416. The van der Waals surface area contributed by atoms with E-state index in [2.05, 4.69) is 10.4 Å². The Labute approximate surface area is 82.4 Å². The lowest BCUT2D eigenvalue weighted by molar-refractivity contribution is 0.975. The number of nitrogens with one attached hydrogen (secondary N) is 1. The molecule has 0 aliphatic rings. The van der Waals surface area contributed by atoms with Crippen LogP contribution >= 0.6 is 0 Å². The zero-order valence-electron chi connectivity index (χ0n) is 7.94. The largest absolute Gasteiger partial charge is 0.324 e. The van der Waals surface area contributed by atoms with Crippen LogP contribution in [0.4, 0.5) is 5.69 Å². The first-order chi connectivity index (χ1) is 6.81. The fraction of sp³-hybridized carbons (Fsp3) is 0.100. The lowest BCUT2D eigenvalue weighted by Crippen LogP contribution is -2.06. The molecule has 1 heterocycles. The van der Waals surface area contributed by atoms with Crippen LogP contribution in [0.25, 0.3) is 5.69 Å². The molecule has 0 aliphatic heterocycles. The summed E-state index contributed by atoms with van der Waals surface area (Å²) in [7, 11) is 0. The Kier molecular flexibility index (Phi) is 2.20. The Morgan fingerprint density at radius 3 is 2.50 bits per heavy atom. The van der Waals surface area contributed by atoms with E-state index >= 15 is 0 Å². The molecule has 0 radical (unpaired) electrons. The summed E-state index contributed by atoms with van der Waals surface area (Å²) in [4.78, 5) is 4.16. The van der Waals surface area contributed by atoms with Crippen LogP contribution in [0.5, 0.6) is 0 Å². The number of imidazole rings is 1. The second-order valence-corrected chi connectivity index (χ2v) is 3.04. The van der Waals surface area contributed by atoms with Crippen LogP contribution in [0.3, 0.4) is 0 Å². The van der Waals surface area contributed by atoms with Crippen molar-refractivity contribution >= 4 is 5.69 Å². The maximum atomic E-state index is 5.28. The van der Waals surface area contributed by atoms with Crippen LogP contribution in [-0.4, -0.2) is 9.55 Å². The van der Waals surface area contributed by atoms with Crippen LogP contribution < -0.4 is 11.3 Å². The van der Waals surface area contributed by atoms with Gasteiger partial charge in [-0.25, -0.2) is 4.98 Å². The number of rotatable bonds is 2. The first-order valence-electron chi connectivity index (χ1n) is 4.38. The highest BCUT2D eigenvalue weighted by molar-refractivity contribution is 5.48. The monoisotopic (exact) mass is 188 g/mol. The molecule has 2 rings (SSSR count). The van der Waals surface area contributed by atoms with Crippen molar-refractivity contribution in [2.75, 3.05) is 5.43 Å². The van der Waals surface area contributed by atoms with Crippen molar-refractivity contribution in [1.29, 1.82) is 0 Å². The predicted octanol–water partition coefficient (Wildman–Crippen LogP) is 1.47. The minimum atomic E-state index is 0.895. The van der Waals surface area contributed by atoms with Crippen molar-refractivity contribution in [3.8, 4) is 5.69 Å². The second kappa shape index (κ2) is 3.51.